The van der Waals surface area contributed by atoms with Gasteiger partial charge in [0.05, 0.1) is 11.7 Å². The molecular formula is C31H34N6O. The highest BCUT2D eigenvalue weighted by atomic mass is 16.2. The molecule has 6 rings (SSSR count). The van der Waals surface area contributed by atoms with Gasteiger partial charge in [0, 0.05) is 55.9 Å². The molecule has 0 bridgehead atoms. The van der Waals surface area contributed by atoms with E-state index in [1.54, 1.807) is 19.0 Å². The molecule has 0 aliphatic carbocycles. The van der Waals surface area contributed by atoms with E-state index in [0.717, 1.165) is 54.6 Å². The first kappa shape index (κ1) is 24.4. The maximum atomic E-state index is 12.2. The lowest BCUT2D eigenvalue weighted by molar-refractivity contribution is 0.0827. The van der Waals surface area contributed by atoms with Gasteiger partial charge in [0.2, 0.25) is 0 Å². The van der Waals surface area contributed by atoms with Crippen molar-refractivity contribution in [3.05, 3.63) is 83.3 Å². The number of likely N-dealkylation sites (tertiary alicyclic amines) is 1. The van der Waals surface area contributed by atoms with E-state index in [1.165, 1.54) is 33.3 Å². The lowest BCUT2D eigenvalue weighted by Crippen LogP contribution is -2.33. The number of rotatable bonds is 5. The molecule has 3 aromatic heterocycles. The van der Waals surface area contributed by atoms with E-state index in [9.17, 15) is 4.79 Å². The lowest BCUT2D eigenvalue weighted by atomic mass is 9.89. The molecular weight excluding hydrogens is 472 g/mol. The van der Waals surface area contributed by atoms with Crippen molar-refractivity contribution in [2.45, 2.75) is 32.2 Å². The van der Waals surface area contributed by atoms with Crippen LogP contribution in [0, 0.1) is 6.92 Å². The Morgan fingerprint density at radius 2 is 1.79 bits per heavy atom. The van der Waals surface area contributed by atoms with Gasteiger partial charge in [-0.2, -0.15) is 5.10 Å². The summed E-state index contributed by atoms with van der Waals surface area (Å²) in [5.41, 5.74) is 9.12. The van der Waals surface area contributed by atoms with Crippen LogP contribution in [-0.2, 0) is 13.6 Å². The van der Waals surface area contributed by atoms with E-state index in [0.29, 0.717) is 5.92 Å². The zero-order chi connectivity index (χ0) is 26.4. The fraction of sp³-hybridized carbons (Fsp3) is 0.323. The van der Waals surface area contributed by atoms with Crippen LogP contribution < -0.4 is 0 Å². The highest BCUT2D eigenvalue weighted by Crippen LogP contribution is 2.35. The third-order valence-electron chi connectivity index (χ3n) is 8.22. The number of hydrogen-bond donors (Lipinski definition) is 1. The van der Waals surface area contributed by atoms with Gasteiger partial charge in [-0.05, 0) is 91.4 Å². The van der Waals surface area contributed by atoms with E-state index in [2.05, 4.69) is 70.0 Å². The first-order chi connectivity index (χ1) is 18.4. The molecule has 5 aromatic rings. The fourth-order valence-electron chi connectivity index (χ4n) is 5.92. The number of benzene rings is 2. The summed E-state index contributed by atoms with van der Waals surface area (Å²) in [4.78, 5) is 21.1. The highest BCUT2D eigenvalue weighted by molar-refractivity contribution is 5.98. The van der Waals surface area contributed by atoms with Crippen molar-refractivity contribution in [3.8, 4) is 11.1 Å². The van der Waals surface area contributed by atoms with E-state index in [4.69, 9.17) is 4.98 Å². The molecule has 0 saturated carbocycles. The van der Waals surface area contributed by atoms with Crippen LogP contribution >= 0.6 is 0 Å². The van der Waals surface area contributed by atoms with Crippen molar-refractivity contribution in [2.24, 2.45) is 7.05 Å². The Labute approximate surface area is 223 Å². The topological polar surface area (TPSA) is 70.1 Å². The van der Waals surface area contributed by atoms with Gasteiger partial charge in [-0.15, -0.1) is 0 Å². The number of pyridine rings is 1. The van der Waals surface area contributed by atoms with Gasteiger partial charge in [-0.25, -0.2) is 4.98 Å². The van der Waals surface area contributed by atoms with Crippen LogP contribution in [0.5, 0.6) is 0 Å². The summed E-state index contributed by atoms with van der Waals surface area (Å²) >= 11 is 0. The molecule has 7 heteroatoms. The Balaban J connectivity index is 1.19. The first-order valence-electron chi connectivity index (χ1n) is 13.3. The minimum absolute atomic E-state index is 0.0520. The van der Waals surface area contributed by atoms with Gasteiger partial charge in [-0.1, -0.05) is 18.2 Å². The molecule has 38 heavy (non-hydrogen) atoms. The predicted molar refractivity (Wildman–Crippen MR) is 152 cm³/mol. The van der Waals surface area contributed by atoms with Gasteiger partial charge in [0.1, 0.15) is 5.65 Å². The molecule has 0 spiro atoms. The van der Waals surface area contributed by atoms with Gasteiger partial charge in [0.25, 0.3) is 5.91 Å². The van der Waals surface area contributed by atoms with Crippen LogP contribution in [0.4, 0.5) is 0 Å². The van der Waals surface area contributed by atoms with E-state index >= 15 is 0 Å². The van der Waals surface area contributed by atoms with E-state index < -0.39 is 0 Å². The van der Waals surface area contributed by atoms with E-state index in [1.807, 2.05) is 24.5 Å². The van der Waals surface area contributed by atoms with Crippen molar-refractivity contribution in [1.82, 2.24) is 29.5 Å². The summed E-state index contributed by atoms with van der Waals surface area (Å²) in [5.74, 6) is 0.590. The number of carbonyl (C=O) groups is 1. The smallest absolute Gasteiger partial charge is 0.253 e. The first-order valence-corrected chi connectivity index (χ1v) is 13.3. The number of piperidine rings is 1. The van der Waals surface area contributed by atoms with Crippen molar-refractivity contribution in [2.75, 3.05) is 27.2 Å². The standard InChI is InChI=1S/C31H34N6O/c1-20-25(9-10-29-28(20)18-33-34-29)26-11-14-32-30-27(26)17-24(36(30)4)19-37-15-12-22(13-16-37)21-5-7-23(8-6-21)31(38)35(2)3/h5-11,14,17-18,22H,12-13,15-16,19H2,1-4H3,(H,33,34). The molecule has 0 radical (unpaired) electrons. The van der Waals surface area contributed by atoms with E-state index in [-0.39, 0.29) is 5.91 Å². The van der Waals surface area contributed by atoms with Crippen molar-refractivity contribution in [3.63, 3.8) is 0 Å². The quantitative estimate of drug-likeness (QED) is 0.341. The summed E-state index contributed by atoms with van der Waals surface area (Å²) in [7, 11) is 5.71. The molecule has 0 atom stereocenters. The molecule has 7 nitrogen and oxygen atoms in total. The summed E-state index contributed by atoms with van der Waals surface area (Å²) in [6.07, 6.45) is 6.07. The van der Waals surface area contributed by atoms with Gasteiger partial charge < -0.3 is 9.47 Å². The van der Waals surface area contributed by atoms with Crippen molar-refractivity contribution >= 4 is 27.8 Å². The van der Waals surface area contributed by atoms with Crippen molar-refractivity contribution < 1.29 is 4.79 Å². The van der Waals surface area contributed by atoms with Gasteiger partial charge >= 0.3 is 0 Å². The summed E-state index contributed by atoms with van der Waals surface area (Å²) in [5, 5.41) is 9.64. The summed E-state index contributed by atoms with van der Waals surface area (Å²) in [6, 6.07) is 17.0. The second-order valence-corrected chi connectivity index (χ2v) is 10.7. The van der Waals surface area contributed by atoms with Crippen LogP contribution in [0.25, 0.3) is 33.1 Å². The molecule has 1 aliphatic heterocycles. The maximum Gasteiger partial charge on any atom is 0.253 e. The molecule has 2 aromatic carbocycles. The molecule has 1 amide bonds. The Morgan fingerprint density at radius 1 is 1.03 bits per heavy atom. The zero-order valence-corrected chi connectivity index (χ0v) is 22.5. The number of fused-ring (bicyclic) bond motifs is 2. The molecule has 4 heterocycles. The number of hydrogen-bond acceptors (Lipinski definition) is 4. The van der Waals surface area contributed by atoms with Crippen molar-refractivity contribution in [1.29, 1.82) is 0 Å². The zero-order valence-electron chi connectivity index (χ0n) is 22.5. The molecule has 0 unspecified atom stereocenters. The molecule has 1 aliphatic rings. The number of nitrogens with zero attached hydrogens (tertiary/aromatic N) is 5. The third kappa shape index (κ3) is 4.27. The largest absolute Gasteiger partial charge is 0.345 e. The third-order valence-corrected chi connectivity index (χ3v) is 8.22. The Hall–Kier alpha value is -3.97. The number of H-pyrrole nitrogens is 1. The number of amides is 1. The Morgan fingerprint density at radius 3 is 2.53 bits per heavy atom. The maximum absolute atomic E-state index is 12.2. The summed E-state index contributed by atoms with van der Waals surface area (Å²) in [6.45, 7) is 5.19. The molecule has 1 N–H and O–H groups in total. The number of nitrogens with one attached hydrogen (secondary N) is 1. The average molecular weight is 507 g/mol. The normalized spacial score (nSPS) is 14.9. The average Bonchev–Trinajstić information content (AvgIpc) is 3.54. The molecule has 1 saturated heterocycles. The number of carbonyl (C=O) groups excluding carboxylic acids is 1. The van der Waals surface area contributed by atoms with Crippen LogP contribution in [0.2, 0.25) is 0 Å². The predicted octanol–water partition coefficient (Wildman–Crippen LogP) is 5.51. The Kier molecular flexibility index (Phi) is 6.24. The fourth-order valence-corrected chi connectivity index (χ4v) is 5.92. The minimum Gasteiger partial charge on any atom is -0.345 e. The number of aromatic nitrogens is 4. The van der Waals surface area contributed by atoms with Crippen LogP contribution in [0.15, 0.2) is 60.9 Å². The summed E-state index contributed by atoms with van der Waals surface area (Å²) < 4.78 is 2.25. The lowest BCUT2D eigenvalue weighted by Gasteiger charge is -2.32. The second-order valence-electron chi connectivity index (χ2n) is 10.7. The van der Waals surface area contributed by atoms with Crippen LogP contribution in [-0.4, -0.2) is 62.6 Å². The van der Waals surface area contributed by atoms with Gasteiger partial charge in [0.15, 0.2) is 0 Å². The monoisotopic (exact) mass is 506 g/mol. The second kappa shape index (κ2) is 9.72. The van der Waals surface area contributed by atoms with Crippen LogP contribution in [0.3, 0.4) is 0 Å². The number of aryl methyl sites for hydroxylation is 2. The highest BCUT2D eigenvalue weighted by Gasteiger charge is 2.23. The molecule has 194 valence electrons. The minimum atomic E-state index is 0.0520. The SMILES string of the molecule is Cc1c(-c2ccnc3c2cc(CN2CCC(c4ccc(C(=O)N(C)C)cc4)CC2)n3C)ccc2[nH]ncc12. The number of aromatic amines is 1. The molecule has 1 fully saturated rings. The van der Waals surface area contributed by atoms with Crippen LogP contribution in [0.1, 0.15) is 45.9 Å². The Bertz CT molecular complexity index is 1620. The van der Waals surface area contributed by atoms with Gasteiger partial charge in [-0.3, -0.25) is 14.8 Å².